The van der Waals surface area contributed by atoms with E-state index in [1.54, 1.807) is 6.20 Å². The molecule has 37 heavy (non-hydrogen) atoms. The van der Waals surface area contributed by atoms with Crippen LogP contribution in [0.1, 0.15) is 45.6 Å². The van der Waals surface area contributed by atoms with Crippen molar-refractivity contribution in [2.24, 2.45) is 11.7 Å². The standard InChI is InChI=1S/C25H35N5O7/c1-13(2)10-20(24(35)29-19(8-9-21(31)32)23(34)28-14(3)25(36)37)30-22(33)17(26)11-15-12-27-18-7-5-4-6-16(15)18/h4-7,12-14,17,19-20,27H,8-11,26H2,1-3H3,(H,28,34)(H,29,35)(H,30,33)(H,31,32)(H,36,37). The third-order valence-corrected chi connectivity index (χ3v) is 5.80. The molecule has 12 nitrogen and oxygen atoms in total. The van der Waals surface area contributed by atoms with Gasteiger partial charge in [-0.05, 0) is 43.7 Å². The van der Waals surface area contributed by atoms with Crippen LogP contribution in [0.3, 0.4) is 0 Å². The van der Waals surface area contributed by atoms with E-state index in [1.807, 2.05) is 38.1 Å². The third-order valence-electron chi connectivity index (χ3n) is 5.80. The molecular formula is C25H35N5O7. The lowest BCUT2D eigenvalue weighted by atomic mass is 10.0. The van der Waals surface area contributed by atoms with Gasteiger partial charge in [0.15, 0.2) is 0 Å². The molecule has 1 aromatic carbocycles. The smallest absolute Gasteiger partial charge is 0.325 e. The van der Waals surface area contributed by atoms with Crippen LogP contribution >= 0.6 is 0 Å². The Labute approximate surface area is 214 Å². The molecule has 0 radical (unpaired) electrons. The number of fused-ring (bicyclic) bond motifs is 1. The highest BCUT2D eigenvalue weighted by Gasteiger charge is 2.30. The predicted octanol–water partition coefficient (Wildman–Crippen LogP) is 0.508. The number of H-pyrrole nitrogens is 1. The first-order valence-corrected chi connectivity index (χ1v) is 12.0. The molecule has 0 spiro atoms. The number of aromatic nitrogens is 1. The maximum atomic E-state index is 13.1. The van der Waals surface area contributed by atoms with Crippen molar-refractivity contribution in [1.82, 2.24) is 20.9 Å². The fraction of sp³-hybridized carbons (Fsp3) is 0.480. The number of carboxylic acids is 2. The van der Waals surface area contributed by atoms with Gasteiger partial charge in [-0.2, -0.15) is 0 Å². The average Bonchev–Trinajstić information content (AvgIpc) is 3.23. The number of hydrogen-bond donors (Lipinski definition) is 7. The van der Waals surface area contributed by atoms with Crippen molar-refractivity contribution < 1.29 is 34.2 Å². The normalized spacial score (nSPS) is 14.4. The lowest BCUT2D eigenvalue weighted by Gasteiger charge is -2.25. The maximum absolute atomic E-state index is 13.1. The van der Waals surface area contributed by atoms with Gasteiger partial charge >= 0.3 is 11.9 Å². The summed E-state index contributed by atoms with van der Waals surface area (Å²) in [4.78, 5) is 63.8. The van der Waals surface area contributed by atoms with Crippen LogP contribution in [0.4, 0.5) is 0 Å². The minimum atomic E-state index is -1.31. The Morgan fingerprint density at radius 3 is 2.16 bits per heavy atom. The van der Waals surface area contributed by atoms with E-state index in [-0.39, 0.29) is 25.2 Å². The van der Waals surface area contributed by atoms with Crippen LogP contribution in [0, 0.1) is 5.92 Å². The average molecular weight is 518 g/mol. The highest BCUT2D eigenvalue weighted by Crippen LogP contribution is 2.19. The number of aromatic amines is 1. The van der Waals surface area contributed by atoms with E-state index in [0.29, 0.717) is 0 Å². The Balaban J connectivity index is 2.12. The highest BCUT2D eigenvalue weighted by molar-refractivity contribution is 5.94. The summed E-state index contributed by atoms with van der Waals surface area (Å²) in [5.74, 6) is -4.58. The van der Waals surface area contributed by atoms with E-state index < -0.39 is 60.2 Å². The monoisotopic (exact) mass is 517 g/mol. The van der Waals surface area contributed by atoms with Crippen molar-refractivity contribution in [2.75, 3.05) is 0 Å². The maximum Gasteiger partial charge on any atom is 0.325 e. The van der Waals surface area contributed by atoms with E-state index in [4.69, 9.17) is 15.9 Å². The number of rotatable bonds is 14. The molecule has 202 valence electrons. The number of amides is 3. The van der Waals surface area contributed by atoms with Gasteiger partial charge < -0.3 is 36.9 Å². The number of carbonyl (C=O) groups excluding carboxylic acids is 3. The number of nitrogens with one attached hydrogen (secondary N) is 4. The molecule has 0 saturated heterocycles. The van der Waals surface area contributed by atoms with Gasteiger partial charge in [0.05, 0.1) is 6.04 Å². The van der Waals surface area contributed by atoms with Crippen molar-refractivity contribution in [3.8, 4) is 0 Å². The van der Waals surface area contributed by atoms with Crippen LogP contribution in [0.5, 0.6) is 0 Å². The van der Waals surface area contributed by atoms with Gasteiger partial charge in [-0.25, -0.2) is 0 Å². The largest absolute Gasteiger partial charge is 0.481 e. The van der Waals surface area contributed by atoms with Gasteiger partial charge in [0.25, 0.3) is 0 Å². The lowest BCUT2D eigenvalue weighted by Crippen LogP contribution is -2.57. The highest BCUT2D eigenvalue weighted by atomic mass is 16.4. The number of aliphatic carboxylic acids is 2. The van der Waals surface area contributed by atoms with Crippen LogP contribution in [0.15, 0.2) is 30.5 Å². The van der Waals surface area contributed by atoms with Crippen LogP contribution in [0.25, 0.3) is 10.9 Å². The fourth-order valence-corrected chi connectivity index (χ4v) is 3.80. The number of para-hydroxylation sites is 1. The van der Waals surface area contributed by atoms with Gasteiger partial charge in [-0.3, -0.25) is 24.0 Å². The third kappa shape index (κ3) is 8.90. The summed E-state index contributed by atoms with van der Waals surface area (Å²) in [5, 5.41) is 26.3. The molecule has 12 heteroatoms. The van der Waals surface area contributed by atoms with Gasteiger partial charge in [0.1, 0.15) is 18.1 Å². The molecule has 8 N–H and O–H groups in total. The number of carbonyl (C=O) groups is 5. The Morgan fingerprint density at radius 1 is 0.919 bits per heavy atom. The van der Waals surface area contributed by atoms with Crippen molar-refractivity contribution >= 4 is 40.6 Å². The van der Waals surface area contributed by atoms with Crippen LogP contribution in [-0.2, 0) is 30.4 Å². The summed E-state index contributed by atoms with van der Waals surface area (Å²) < 4.78 is 0. The van der Waals surface area contributed by atoms with Crippen molar-refractivity contribution in [3.63, 3.8) is 0 Å². The van der Waals surface area contributed by atoms with E-state index in [2.05, 4.69) is 20.9 Å². The first kappa shape index (κ1) is 29.3. The second-order valence-corrected chi connectivity index (χ2v) is 9.42. The zero-order valence-electron chi connectivity index (χ0n) is 21.1. The topological polar surface area (TPSA) is 204 Å². The van der Waals surface area contributed by atoms with E-state index >= 15 is 0 Å². The molecule has 2 aromatic rings. The Hall–Kier alpha value is -3.93. The first-order valence-electron chi connectivity index (χ1n) is 12.0. The van der Waals surface area contributed by atoms with Crippen LogP contribution < -0.4 is 21.7 Å². The zero-order valence-corrected chi connectivity index (χ0v) is 21.1. The molecule has 0 fully saturated rings. The molecule has 2 rings (SSSR count). The molecule has 0 bridgehead atoms. The zero-order chi connectivity index (χ0) is 27.7. The molecule has 1 heterocycles. The van der Waals surface area contributed by atoms with E-state index in [1.165, 1.54) is 6.92 Å². The molecule has 0 aliphatic carbocycles. The van der Waals surface area contributed by atoms with Gasteiger partial charge in [0, 0.05) is 23.5 Å². The summed E-state index contributed by atoms with van der Waals surface area (Å²) in [5.41, 5.74) is 7.91. The second-order valence-electron chi connectivity index (χ2n) is 9.42. The minimum Gasteiger partial charge on any atom is -0.481 e. The first-order chi connectivity index (χ1) is 17.4. The van der Waals surface area contributed by atoms with E-state index in [9.17, 15) is 24.0 Å². The quantitative estimate of drug-likeness (QED) is 0.188. The minimum absolute atomic E-state index is 0.0146. The van der Waals surface area contributed by atoms with E-state index in [0.717, 1.165) is 16.5 Å². The molecular weight excluding hydrogens is 482 g/mol. The molecule has 4 atom stereocenters. The molecule has 0 aliphatic rings. The number of benzene rings is 1. The van der Waals surface area contributed by atoms with Gasteiger partial charge in [-0.1, -0.05) is 32.0 Å². The second kappa shape index (κ2) is 13.4. The number of nitrogens with two attached hydrogens (primary N) is 1. The summed E-state index contributed by atoms with van der Waals surface area (Å²) in [6.07, 6.45) is 1.54. The number of hydrogen-bond acceptors (Lipinski definition) is 6. The molecule has 4 unspecified atom stereocenters. The van der Waals surface area contributed by atoms with Gasteiger partial charge in [-0.15, -0.1) is 0 Å². The summed E-state index contributed by atoms with van der Waals surface area (Å²) in [6, 6.07) is 3.03. The summed E-state index contributed by atoms with van der Waals surface area (Å²) >= 11 is 0. The summed E-state index contributed by atoms with van der Waals surface area (Å²) in [6.45, 7) is 4.94. The van der Waals surface area contributed by atoms with Crippen LogP contribution in [0.2, 0.25) is 0 Å². The van der Waals surface area contributed by atoms with Gasteiger partial charge in [0.2, 0.25) is 17.7 Å². The Bertz CT molecular complexity index is 1130. The Morgan fingerprint density at radius 2 is 1.54 bits per heavy atom. The predicted molar refractivity (Wildman–Crippen MR) is 135 cm³/mol. The summed E-state index contributed by atoms with van der Waals surface area (Å²) in [7, 11) is 0. The molecule has 3 amide bonds. The molecule has 0 saturated carbocycles. The molecule has 0 aliphatic heterocycles. The Kier molecular flexibility index (Phi) is 10.6. The SMILES string of the molecule is CC(C)CC(NC(=O)C(N)Cc1c[nH]c2ccccc12)C(=O)NC(CCC(=O)O)C(=O)NC(C)C(=O)O. The lowest BCUT2D eigenvalue weighted by molar-refractivity contribution is -0.142. The number of carboxylic acid groups (broad SMARTS) is 2. The van der Waals surface area contributed by atoms with Crippen molar-refractivity contribution in [3.05, 3.63) is 36.0 Å². The fourth-order valence-electron chi connectivity index (χ4n) is 3.80. The van der Waals surface area contributed by atoms with Crippen LogP contribution in [-0.4, -0.2) is 69.0 Å². The van der Waals surface area contributed by atoms with Crippen molar-refractivity contribution in [1.29, 1.82) is 0 Å². The molecule has 1 aromatic heterocycles. The van der Waals surface area contributed by atoms with Crippen molar-refractivity contribution in [2.45, 2.75) is 70.6 Å².